The Morgan fingerprint density at radius 1 is 1.00 bits per heavy atom. The molecule has 2 atom stereocenters. The van der Waals surface area contributed by atoms with Crippen molar-refractivity contribution in [2.45, 2.75) is 24.7 Å². The molecule has 1 aromatic heterocycles. The fraction of sp³-hybridized carbons (Fsp3) is 0.290. The minimum absolute atomic E-state index is 0.0943. The molecule has 4 aromatic rings. The van der Waals surface area contributed by atoms with Crippen LogP contribution in [-0.4, -0.2) is 57.0 Å². The summed E-state index contributed by atoms with van der Waals surface area (Å²) in [6.07, 6.45) is 0. The van der Waals surface area contributed by atoms with Gasteiger partial charge in [0.1, 0.15) is 11.3 Å². The fourth-order valence-corrected chi connectivity index (χ4v) is 6.07. The summed E-state index contributed by atoms with van der Waals surface area (Å²) >= 11 is 0. The molecule has 0 radical (unpaired) electrons. The molecule has 1 fully saturated rings. The van der Waals surface area contributed by atoms with Crippen molar-refractivity contribution in [2.24, 2.45) is 11.0 Å². The number of aromatic hydroxyl groups is 1. The predicted octanol–water partition coefficient (Wildman–Crippen LogP) is 4.24. The Labute approximate surface area is 239 Å². The quantitative estimate of drug-likeness (QED) is 0.174. The van der Waals surface area contributed by atoms with Gasteiger partial charge < -0.3 is 14.3 Å². The van der Waals surface area contributed by atoms with E-state index >= 15 is 0 Å². The lowest BCUT2D eigenvalue weighted by atomic mass is 9.78. The third-order valence-electron chi connectivity index (χ3n) is 7.46. The monoisotopic (exact) mass is 575 g/mol. The highest BCUT2D eigenvalue weighted by atomic mass is 32.2. The summed E-state index contributed by atoms with van der Waals surface area (Å²) in [7, 11) is -3.94. The van der Waals surface area contributed by atoms with Gasteiger partial charge in [-0.2, -0.15) is 13.5 Å². The first-order valence-corrected chi connectivity index (χ1v) is 15.0. The zero-order valence-corrected chi connectivity index (χ0v) is 23.8. The van der Waals surface area contributed by atoms with Gasteiger partial charge in [-0.15, -0.1) is 0 Å². The smallest absolute Gasteiger partial charge is 0.343 e. The second-order valence-corrected chi connectivity index (χ2v) is 11.9. The first-order valence-electron chi connectivity index (χ1n) is 13.5. The molecule has 5 rings (SSSR count). The lowest BCUT2D eigenvalue weighted by Crippen LogP contribution is -2.43. The largest absolute Gasteiger partial charge is 0.507 e. The summed E-state index contributed by atoms with van der Waals surface area (Å²) in [5, 5.41) is 16.3. The zero-order chi connectivity index (χ0) is 29.0. The number of sulfonamides is 1. The SMILES string of the molecule is C/C(=N\NS(=O)(=O)c1ccc(C)cc1)C(CN1CCOCC1)C(c1ccccc1)c1c(O)c2ccccc2oc1=O. The molecular formula is C31H33N3O6S. The zero-order valence-electron chi connectivity index (χ0n) is 23.0. The number of fused-ring (bicyclic) bond motifs is 1. The van der Waals surface area contributed by atoms with E-state index in [2.05, 4.69) is 14.8 Å². The Hall–Kier alpha value is -3.99. The number of nitrogens with one attached hydrogen (secondary N) is 1. The van der Waals surface area contributed by atoms with Gasteiger partial charge in [-0.25, -0.2) is 9.63 Å². The molecule has 214 valence electrons. The molecule has 0 saturated carbocycles. The molecule has 0 bridgehead atoms. The van der Waals surface area contributed by atoms with Gasteiger partial charge in [0.15, 0.2) is 0 Å². The summed E-state index contributed by atoms with van der Waals surface area (Å²) in [6, 6.07) is 22.7. The van der Waals surface area contributed by atoms with E-state index in [-0.39, 0.29) is 21.8 Å². The van der Waals surface area contributed by atoms with Crippen molar-refractivity contribution in [1.29, 1.82) is 0 Å². The van der Waals surface area contributed by atoms with Gasteiger partial charge in [0, 0.05) is 37.2 Å². The van der Waals surface area contributed by atoms with Gasteiger partial charge in [0.05, 0.1) is 29.1 Å². The lowest BCUT2D eigenvalue weighted by molar-refractivity contribution is 0.0335. The minimum atomic E-state index is -3.94. The molecule has 1 saturated heterocycles. The van der Waals surface area contributed by atoms with Crippen LogP contribution in [0.15, 0.2) is 98.1 Å². The molecule has 0 spiro atoms. The summed E-state index contributed by atoms with van der Waals surface area (Å²) in [5.41, 5.74) is 1.88. The first-order chi connectivity index (χ1) is 19.7. The fourth-order valence-electron chi connectivity index (χ4n) is 5.21. The van der Waals surface area contributed by atoms with Gasteiger partial charge >= 0.3 is 5.63 Å². The predicted molar refractivity (Wildman–Crippen MR) is 158 cm³/mol. The van der Waals surface area contributed by atoms with Crippen molar-refractivity contribution < 1.29 is 22.7 Å². The van der Waals surface area contributed by atoms with Gasteiger partial charge in [-0.05, 0) is 43.7 Å². The van der Waals surface area contributed by atoms with E-state index in [1.165, 1.54) is 12.1 Å². The Balaban J connectivity index is 1.63. The van der Waals surface area contributed by atoms with Crippen LogP contribution in [0, 0.1) is 12.8 Å². The molecule has 2 heterocycles. The Morgan fingerprint density at radius 2 is 1.66 bits per heavy atom. The topological polar surface area (TPSA) is 121 Å². The van der Waals surface area contributed by atoms with Crippen LogP contribution in [0.4, 0.5) is 0 Å². The van der Waals surface area contributed by atoms with Crippen LogP contribution in [0.3, 0.4) is 0 Å². The molecule has 10 heteroatoms. The minimum Gasteiger partial charge on any atom is -0.507 e. The van der Waals surface area contributed by atoms with Crippen molar-refractivity contribution in [2.75, 3.05) is 32.8 Å². The highest BCUT2D eigenvalue weighted by molar-refractivity contribution is 7.89. The van der Waals surface area contributed by atoms with Crippen LogP contribution in [0.1, 0.15) is 29.5 Å². The van der Waals surface area contributed by atoms with Crippen molar-refractivity contribution in [3.05, 3.63) is 106 Å². The third kappa shape index (κ3) is 6.35. The lowest BCUT2D eigenvalue weighted by Gasteiger charge is -2.34. The van der Waals surface area contributed by atoms with Crippen molar-refractivity contribution in [3.8, 4) is 5.75 Å². The molecule has 2 N–H and O–H groups in total. The number of nitrogens with zero attached hydrogens (tertiary/aromatic N) is 2. The molecule has 9 nitrogen and oxygen atoms in total. The van der Waals surface area contributed by atoms with E-state index in [9.17, 15) is 18.3 Å². The average molecular weight is 576 g/mol. The summed E-state index contributed by atoms with van der Waals surface area (Å²) in [5.74, 6) is -1.36. The van der Waals surface area contributed by atoms with Gasteiger partial charge in [-0.3, -0.25) is 4.90 Å². The number of hydrogen-bond donors (Lipinski definition) is 2. The molecule has 3 aromatic carbocycles. The number of ether oxygens (including phenoxy) is 1. The normalized spacial score (nSPS) is 16.4. The van der Waals surface area contributed by atoms with E-state index < -0.39 is 27.5 Å². The second kappa shape index (κ2) is 12.3. The highest BCUT2D eigenvalue weighted by Gasteiger charge is 2.35. The maximum atomic E-state index is 13.5. The maximum Gasteiger partial charge on any atom is 0.343 e. The number of hydrogen-bond acceptors (Lipinski definition) is 8. The number of aryl methyl sites for hydroxylation is 1. The van der Waals surface area contributed by atoms with E-state index in [1.54, 1.807) is 43.3 Å². The van der Waals surface area contributed by atoms with E-state index in [1.807, 2.05) is 37.3 Å². The second-order valence-electron chi connectivity index (χ2n) is 10.2. The van der Waals surface area contributed by atoms with Crippen LogP contribution in [0.2, 0.25) is 0 Å². The molecular weight excluding hydrogens is 542 g/mol. The molecule has 1 aliphatic rings. The maximum absolute atomic E-state index is 13.5. The third-order valence-corrected chi connectivity index (χ3v) is 8.69. The molecule has 2 unspecified atom stereocenters. The Bertz CT molecular complexity index is 1700. The van der Waals surface area contributed by atoms with E-state index in [4.69, 9.17) is 9.15 Å². The highest BCUT2D eigenvalue weighted by Crippen LogP contribution is 2.39. The summed E-state index contributed by atoms with van der Waals surface area (Å²) in [6.45, 7) is 6.50. The average Bonchev–Trinajstić information content (AvgIpc) is 2.98. The first kappa shape index (κ1) is 28.5. The number of para-hydroxylation sites is 1. The van der Waals surface area contributed by atoms with Crippen molar-refractivity contribution in [1.82, 2.24) is 9.73 Å². The summed E-state index contributed by atoms with van der Waals surface area (Å²) < 4.78 is 37.4. The van der Waals surface area contributed by atoms with Gasteiger partial charge in [0.25, 0.3) is 10.0 Å². The Kier molecular flexibility index (Phi) is 8.53. The van der Waals surface area contributed by atoms with Crippen molar-refractivity contribution >= 4 is 26.7 Å². The van der Waals surface area contributed by atoms with E-state index in [0.717, 1.165) is 11.1 Å². The van der Waals surface area contributed by atoms with E-state index in [0.29, 0.717) is 43.9 Å². The van der Waals surface area contributed by atoms with Gasteiger partial charge in [0.2, 0.25) is 0 Å². The standard InChI is InChI=1S/C31H33N3O6S/c1-21-12-14-24(15-13-21)41(37,38)33-32-22(2)26(20-34-16-18-39-19-17-34)28(23-8-4-3-5-9-23)29-30(35)25-10-6-7-11-27(25)40-31(29)36/h3-15,26,28,33,35H,16-20H2,1-2H3/b32-22+. The molecule has 0 amide bonds. The Morgan fingerprint density at radius 3 is 2.37 bits per heavy atom. The molecule has 41 heavy (non-hydrogen) atoms. The van der Waals surface area contributed by atoms with Crippen LogP contribution in [0.25, 0.3) is 11.0 Å². The number of hydrazone groups is 1. The van der Waals surface area contributed by atoms with Crippen LogP contribution in [-0.2, 0) is 14.8 Å². The number of rotatable bonds is 9. The number of morpholine rings is 1. The van der Waals surface area contributed by atoms with Crippen LogP contribution >= 0.6 is 0 Å². The molecule has 1 aliphatic heterocycles. The summed E-state index contributed by atoms with van der Waals surface area (Å²) in [4.78, 5) is 18.2. The van der Waals surface area contributed by atoms with Gasteiger partial charge in [-0.1, -0.05) is 60.2 Å². The van der Waals surface area contributed by atoms with Crippen LogP contribution < -0.4 is 10.5 Å². The van der Waals surface area contributed by atoms with Crippen molar-refractivity contribution in [3.63, 3.8) is 0 Å². The van der Waals surface area contributed by atoms with Crippen LogP contribution in [0.5, 0.6) is 5.75 Å². The molecule has 0 aliphatic carbocycles. The number of benzene rings is 3.